The molecule has 3 saturated carbocycles. The van der Waals surface area contributed by atoms with Crippen LogP contribution in [0, 0.1) is 24.1 Å². The SMILES string of the molecule is Cc1nc2nc(NC(C)c3cncc(F)c3)nc(C(=O)N3CC(NC(=O)C45CC(C4)C5)C3)c2s1. The Morgan fingerprint density at radius 2 is 1.97 bits per heavy atom. The number of hydrogen-bond donors (Lipinski definition) is 2. The van der Waals surface area contributed by atoms with Crippen LogP contribution in [0.3, 0.4) is 0 Å². The molecule has 3 aliphatic carbocycles. The Kier molecular flexibility index (Phi) is 4.80. The maximum Gasteiger partial charge on any atom is 0.274 e. The minimum Gasteiger partial charge on any atom is -0.349 e. The van der Waals surface area contributed by atoms with Gasteiger partial charge in [-0.2, -0.15) is 4.98 Å². The third-order valence-electron chi connectivity index (χ3n) is 7.16. The van der Waals surface area contributed by atoms with Crippen molar-refractivity contribution in [3.63, 3.8) is 0 Å². The second kappa shape index (κ2) is 7.66. The van der Waals surface area contributed by atoms with Gasteiger partial charge in [0.05, 0.1) is 23.3 Å². The molecule has 2 bridgehead atoms. The molecule has 1 aliphatic heterocycles. The molecule has 2 amide bonds. The van der Waals surface area contributed by atoms with Gasteiger partial charge in [0.15, 0.2) is 11.3 Å². The molecule has 7 rings (SSSR count). The van der Waals surface area contributed by atoms with E-state index in [0.29, 0.717) is 29.0 Å². The topological polar surface area (TPSA) is 113 Å². The van der Waals surface area contributed by atoms with Crippen LogP contribution >= 0.6 is 11.3 Å². The van der Waals surface area contributed by atoms with Crippen molar-refractivity contribution in [3.8, 4) is 0 Å². The number of hydrogen-bond acceptors (Lipinski definition) is 8. The van der Waals surface area contributed by atoms with E-state index >= 15 is 0 Å². The summed E-state index contributed by atoms with van der Waals surface area (Å²) in [5.74, 6) is 0.488. The first-order valence-electron chi connectivity index (χ1n) is 11.4. The number of likely N-dealkylation sites (tertiary alicyclic amines) is 1. The van der Waals surface area contributed by atoms with Crippen LogP contribution in [-0.4, -0.2) is 55.8 Å². The van der Waals surface area contributed by atoms with E-state index in [0.717, 1.165) is 36.4 Å². The molecule has 4 fully saturated rings. The van der Waals surface area contributed by atoms with Gasteiger partial charge in [-0.15, -0.1) is 11.3 Å². The van der Waals surface area contributed by atoms with Gasteiger partial charge < -0.3 is 15.5 Å². The van der Waals surface area contributed by atoms with E-state index in [9.17, 15) is 14.0 Å². The van der Waals surface area contributed by atoms with E-state index in [-0.39, 0.29) is 41.0 Å². The normalized spacial score (nSPS) is 24.1. The third-order valence-corrected chi connectivity index (χ3v) is 8.13. The molecule has 0 radical (unpaired) electrons. The van der Waals surface area contributed by atoms with Crippen molar-refractivity contribution in [2.75, 3.05) is 18.4 Å². The van der Waals surface area contributed by atoms with Crippen LogP contribution in [0.4, 0.5) is 10.3 Å². The summed E-state index contributed by atoms with van der Waals surface area (Å²) in [5, 5.41) is 7.03. The van der Waals surface area contributed by atoms with Gasteiger partial charge in [-0.3, -0.25) is 14.6 Å². The van der Waals surface area contributed by atoms with E-state index in [1.807, 2.05) is 13.8 Å². The van der Waals surface area contributed by atoms with Gasteiger partial charge in [0.2, 0.25) is 11.9 Å². The highest BCUT2D eigenvalue weighted by Crippen LogP contribution is 2.64. The average Bonchev–Trinajstić information content (AvgIpc) is 3.07. The molecule has 0 spiro atoms. The first-order valence-corrected chi connectivity index (χ1v) is 12.2. The molecule has 176 valence electrons. The first-order chi connectivity index (χ1) is 16.3. The van der Waals surface area contributed by atoms with E-state index in [4.69, 9.17) is 0 Å². The van der Waals surface area contributed by atoms with E-state index < -0.39 is 5.82 Å². The van der Waals surface area contributed by atoms with Gasteiger partial charge >= 0.3 is 0 Å². The highest BCUT2D eigenvalue weighted by Gasteiger charge is 2.61. The summed E-state index contributed by atoms with van der Waals surface area (Å²) in [6, 6.07) is 1.04. The molecule has 0 aromatic carbocycles. The Morgan fingerprint density at radius 3 is 2.65 bits per heavy atom. The van der Waals surface area contributed by atoms with Crippen molar-refractivity contribution in [2.24, 2.45) is 11.3 Å². The van der Waals surface area contributed by atoms with Crippen LogP contribution in [0.5, 0.6) is 0 Å². The minimum atomic E-state index is -0.429. The second-order valence-electron chi connectivity index (χ2n) is 9.72. The number of aryl methyl sites for hydroxylation is 1. The monoisotopic (exact) mass is 481 g/mol. The molecule has 34 heavy (non-hydrogen) atoms. The maximum absolute atomic E-state index is 13.6. The zero-order chi connectivity index (χ0) is 23.6. The van der Waals surface area contributed by atoms with Crippen molar-refractivity contribution in [2.45, 2.75) is 45.2 Å². The molecule has 11 heteroatoms. The summed E-state index contributed by atoms with van der Waals surface area (Å²) in [6.07, 6.45) is 5.75. The molecule has 1 unspecified atom stereocenters. The van der Waals surface area contributed by atoms with E-state index in [1.165, 1.54) is 17.4 Å². The van der Waals surface area contributed by atoms with Gasteiger partial charge in [-0.05, 0) is 50.7 Å². The smallest absolute Gasteiger partial charge is 0.274 e. The number of nitrogens with one attached hydrogen (secondary N) is 2. The first kappa shape index (κ1) is 21.3. The number of amides is 2. The molecule has 1 saturated heterocycles. The molecule has 3 aromatic heterocycles. The van der Waals surface area contributed by atoms with Crippen LogP contribution in [0.15, 0.2) is 18.5 Å². The molecule has 9 nitrogen and oxygen atoms in total. The summed E-state index contributed by atoms with van der Waals surface area (Å²) < 4.78 is 14.2. The number of aromatic nitrogens is 4. The van der Waals surface area contributed by atoms with Gasteiger partial charge in [0, 0.05) is 24.7 Å². The number of anilines is 1. The van der Waals surface area contributed by atoms with E-state index in [2.05, 4.69) is 30.6 Å². The zero-order valence-corrected chi connectivity index (χ0v) is 19.7. The number of nitrogens with zero attached hydrogens (tertiary/aromatic N) is 5. The van der Waals surface area contributed by atoms with Crippen molar-refractivity contribution < 1.29 is 14.0 Å². The summed E-state index contributed by atoms with van der Waals surface area (Å²) in [5.41, 5.74) is 1.24. The average molecular weight is 482 g/mol. The predicted molar refractivity (Wildman–Crippen MR) is 124 cm³/mol. The van der Waals surface area contributed by atoms with Crippen LogP contribution in [0.2, 0.25) is 0 Å². The Balaban J connectivity index is 1.18. The summed E-state index contributed by atoms with van der Waals surface area (Å²) >= 11 is 1.37. The number of thiazole rings is 1. The number of carbonyl (C=O) groups is 2. The number of pyridine rings is 1. The minimum absolute atomic E-state index is 0.0240. The van der Waals surface area contributed by atoms with E-state index in [1.54, 1.807) is 11.1 Å². The van der Waals surface area contributed by atoms with Crippen LogP contribution in [0.1, 0.15) is 53.3 Å². The lowest BCUT2D eigenvalue weighted by Crippen LogP contribution is -2.67. The maximum atomic E-state index is 13.6. The van der Waals surface area contributed by atoms with Crippen molar-refractivity contribution in [3.05, 3.63) is 40.5 Å². The molecular formula is C23H24FN7O2S. The molecule has 4 heterocycles. The second-order valence-corrected chi connectivity index (χ2v) is 10.9. The van der Waals surface area contributed by atoms with Gasteiger partial charge in [0.25, 0.3) is 5.91 Å². The van der Waals surface area contributed by atoms with Crippen molar-refractivity contribution in [1.29, 1.82) is 0 Å². The number of carbonyl (C=O) groups excluding carboxylic acids is 2. The number of fused-ring (bicyclic) bond motifs is 1. The summed E-state index contributed by atoms with van der Waals surface area (Å²) in [4.78, 5) is 44.8. The fourth-order valence-corrected chi connectivity index (χ4v) is 5.90. The fourth-order valence-electron chi connectivity index (χ4n) is 5.06. The summed E-state index contributed by atoms with van der Waals surface area (Å²) in [7, 11) is 0. The van der Waals surface area contributed by atoms with Crippen LogP contribution < -0.4 is 10.6 Å². The third kappa shape index (κ3) is 3.49. The van der Waals surface area contributed by atoms with Crippen molar-refractivity contribution in [1.82, 2.24) is 30.2 Å². The number of rotatable bonds is 6. The lowest BCUT2D eigenvalue weighted by molar-refractivity contribution is -0.166. The Morgan fingerprint density at radius 1 is 1.21 bits per heavy atom. The lowest BCUT2D eigenvalue weighted by atomic mass is 9.44. The van der Waals surface area contributed by atoms with Gasteiger partial charge in [0.1, 0.15) is 10.5 Å². The Labute approximate surface area is 199 Å². The van der Waals surface area contributed by atoms with Gasteiger partial charge in [-0.1, -0.05) is 0 Å². The van der Waals surface area contributed by atoms with Crippen LogP contribution in [0.25, 0.3) is 10.3 Å². The molecular weight excluding hydrogens is 457 g/mol. The van der Waals surface area contributed by atoms with Crippen molar-refractivity contribution >= 4 is 39.4 Å². The van der Waals surface area contributed by atoms with Crippen LogP contribution in [-0.2, 0) is 4.79 Å². The predicted octanol–water partition coefficient (Wildman–Crippen LogP) is 2.84. The Bertz CT molecular complexity index is 1300. The highest BCUT2D eigenvalue weighted by atomic mass is 32.1. The molecule has 3 aromatic rings. The molecule has 1 atom stereocenters. The quantitative estimate of drug-likeness (QED) is 0.557. The highest BCUT2D eigenvalue weighted by molar-refractivity contribution is 7.18. The van der Waals surface area contributed by atoms with Gasteiger partial charge in [-0.25, -0.2) is 14.4 Å². The largest absolute Gasteiger partial charge is 0.349 e. The molecule has 4 aliphatic rings. The standard InChI is InChI=1S/C23H24FN7O2S/c1-11(14-3-15(24)8-25-7-14)26-22-29-17(18-19(30-22)27-12(2)34-18)20(32)31-9-16(10-31)28-21(33)23-4-13(5-23)6-23/h3,7-8,11,13,16H,4-6,9-10H2,1-2H3,(H,28,33)(H,26,29,30). The zero-order valence-electron chi connectivity index (χ0n) is 18.8. The number of halogens is 1. The lowest BCUT2D eigenvalue weighted by Gasteiger charge is -2.60. The summed E-state index contributed by atoms with van der Waals surface area (Å²) in [6.45, 7) is 4.62. The fraction of sp³-hybridized carbons (Fsp3) is 0.478. The Hall–Kier alpha value is -3.21. The molecule has 2 N–H and O–H groups in total.